The molecule has 0 aliphatic rings. The van der Waals surface area contributed by atoms with Crippen molar-refractivity contribution < 1.29 is 4.79 Å². The largest absolute Gasteiger partial charge is 0.343 e. The maximum Gasteiger partial charge on any atom is 0.258 e. The molecule has 0 aliphatic heterocycles. The Hall–Kier alpha value is -2.17. The number of rotatable bonds is 8. The van der Waals surface area contributed by atoms with Gasteiger partial charge in [-0.3, -0.25) is 9.59 Å². The summed E-state index contributed by atoms with van der Waals surface area (Å²) in [5.41, 5.74) is 0.590. The van der Waals surface area contributed by atoms with Gasteiger partial charge in [0.2, 0.25) is 5.91 Å². The zero-order valence-corrected chi connectivity index (χ0v) is 14.0. The van der Waals surface area contributed by atoms with Crippen LogP contribution in [-0.2, 0) is 11.2 Å². The summed E-state index contributed by atoms with van der Waals surface area (Å²) >= 11 is 0. The molecule has 1 heterocycles. The van der Waals surface area contributed by atoms with Gasteiger partial charge in [-0.15, -0.1) is 0 Å². The highest BCUT2D eigenvalue weighted by atomic mass is 16.2. The molecule has 1 aromatic heterocycles. The lowest BCUT2D eigenvalue weighted by Crippen LogP contribution is -2.32. The summed E-state index contributed by atoms with van der Waals surface area (Å²) in [6, 6.07) is 7.30. The van der Waals surface area contributed by atoms with Crippen LogP contribution in [-0.4, -0.2) is 33.9 Å². The van der Waals surface area contributed by atoms with Gasteiger partial charge in [0.25, 0.3) is 5.56 Å². The number of aryl methyl sites for hydroxylation is 1. The van der Waals surface area contributed by atoms with Crippen molar-refractivity contribution in [1.29, 1.82) is 0 Å². The lowest BCUT2D eigenvalue weighted by molar-refractivity contribution is -0.131. The van der Waals surface area contributed by atoms with Crippen LogP contribution < -0.4 is 5.56 Å². The standard InChI is InChI=1S/C18H25N3O2/c1-3-12-21(13-4-2)17(22)11-7-10-16-19-15-9-6-5-8-14(15)18(23)20-16/h5-6,8-9H,3-4,7,10-13H2,1-2H3,(H,19,20,23). The molecule has 1 amide bonds. The molecule has 0 spiro atoms. The van der Waals surface area contributed by atoms with E-state index in [2.05, 4.69) is 23.8 Å². The highest BCUT2D eigenvalue weighted by molar-refractivity contribution is 5.77. The first-order valence-electron chi connectivity index (χ1n) is 8.41. The van der Waals surface area contributed by atoms with Crippen LogP contribution in [0, 0.1) is 0 Å². The third kappa shape index (κ3) is 4.65. The molecule has 1 aromatic carbocycles. The van der Waals surface area contributed by atoms with Crippen LogP contribution in [0.5, 0.6) is 0 Å². The second-order valence-corrected chi connectivity index (χ2v) is 5.76. The molecule has 0 bridgehead atoms. The van der Waals surface area contributed by atoms with Crippen LogP contribution in [0.4, 0.5) is 0 Å². The molecule has 2 rings (SSSR count). The molecule has 1 N–H and O–H groups in total. The van der Waals surface area contributed by atoms with Crippen LogP contribution in [0.1, 0.15) is 45.4 Å². The molecule has 0 atom stereocenters. The number of nitrogens with zero attached hydrogens (tertiary/aromatic N) is 2. The first-order chi connectivity index (χ1) is 11.2. The number of fused-ring (bicyclic) bond motifs is 1. The van der Waals surface area contributed by atoms with E-state index in [9.17, 15) is 9.59 Å². The van der Waals surface area contributed by atoms with E-state index in [4.69, 9.17) is 0 Å². The molecular formula is C18H25N3O2. The van der Waals surface area contributed by atoms with Crippen molar-refractivity contribution in [2.24, 2.45) is 0 Å². The predicted molar refractivity (Wildman–Crippen MR) is 92.5 cm³/mol. The van der Waals surface area contributed by atoms with Crippen molar-refractivity contribution in [3.8, 4) is 0 Å². The van der Waals surface area contributed by atoms with E-state index < -0.39 is 0 Å². The van der Waals surface area contributed by atoms with Gasteiger partial charge in [-0.2, -0.15) is 0 Å². The van der Waals surface area contributed by atoms with Crippen molar-refractivity contribution in [2.75, 3.05) is 13.1 Å². The number of aromatic amines is 1. The maximum atomic E-state index is 12.2. The van der Waals surface area contributed by atoms with Gasteiger partial charge in [0.1, 0.15) is 5.82 Å². The monoisotopic (exact) mass is 315 g/mol. The van der Waals surface area contributed by atoms with Crippen molar-refractivity contribution in [1.82, 2.24) is 14.9 Å². The molecule has 5 heteroatoms. The SMILES string of the molecule is CCCN(CCC)C(=O)CCCc1nc2ccccc2c(=O)[nH]1. The van der Waals surface area contributed by atoms with Crippen molar-refractivity contribution in [2.45, 2.75) is 46.0 Å². The first-order valence-corrected chi connectivity index (χ1v) is 8.41. The molecule has 23 heavy (non-hydrogen) atoms. The Morgan fingerprint density at radius 3 is 2.57 bits per heavy atom. The molecule has 5 nitrogen and oxygen atoms in total. The maximum absolute atomic E-state index is 12.2. The Labute approximate surface area is 136 Å². The van der Waals surface area contributed by atoms with Crippen LogP contribution in [0.2, 0.25) is 0 Å². The van der Waals surface area contributed by atoms with Gasteiger partial charge in [-0.1, -0.05) is 26.0 Å². The van der Waals surface area contributed by atoms with Crippen molar-refractivity contribution in [3.63, 3.8) is 0 Å². The number of hydrogen-bond acceptors (Lipinski definition) is 3. The minimum absolute atomic E-state index is 0.115. The van der Waals surface area contributed by atoms with E-state index in [-0.39, 0.29) is 11.5 Å². The molecule has 0 saturated heterocycles. The van der Waals surface area contributed by atoms with E-state index in [1.165, 1.54) is 0 Å². The number of aromatic nitrogens is 2. The topological polar surface area (TPSA) is 66.1 Å². The van der Waals surface area contributed by atoms with Gasteiger partial charge in [0, 0.05) is 25.9 Å². The number of hydrogen-bond donors (Lipinski definition) is 1. The molecule has 0 radical (unpaired) electrons. The van der Waals surface area contributed by atoms with Crippen LogP contribution >= 0.6 is 0 Å². The average Bonchev–Trinajstić information content (AvgIpc) is 2.54. The Morgan fingerprint density at radius 1 is 1.17 bits per heavy atom. The summed E-state index contributed by atoms with van der Waals surface area (Å²) in [5.74, 6) is 0.843. The van der Waals surface area contributed by atoms with Gasteiger partial charge in [-0.25, -0.2) is 4.98 Å². The molecule has 0 saturated carbocycles. The van der Waals surface area contributed by atoms with E-state index in [1.54, 1.807) is 6.07 Å². The molecular weight excluding hydrogens is 290 g/mol. The number of carbonyl (C=O) groups is 1. The lowest BCUT2D eigenvalue weighted by atomic mass is 10.2. The fourth-order valence-corrected chi connectivity index (χ4v) is 2.72. The molecule has 124 valence electrons. The zero-order valence-electron chi connectivity index (χ0n) is 14.0. The van der Waals surface area contributed by atoms with E-state index in [1.807, 2.05) is 23.1 Å². The van der Waals surface area contributed by atoms with Crippen molar-refractivity contribution in [3.05, 3.63) is 40.4 Å². The number of amides is 1. The Morgan fingerprint density at radius 2 is 1.87 bits per heavy atom. The quantitative estimate of drug-likeness (QED) is 0.814. The lowest BCUT2D eigenvalue weighted by Gasteiger charge is -2.21. The van der Waals surface area contributed by atoms with E-state index in [0.29, 0.717) is 36.0 Å². The fourth-order valence-electron chi connectivity index (χ4n) is 2.72. The minimum Gasteiger partial charge on any atom is -0.343 e. The molecule has 0 fully saturated rings. The Bertz CT molecular complexity index is 703. The Kier molecular flexibility index (Phi) is 6.32. The van der Waals surface area contributed by atoms with Crippen LogP contribution in [0.3, 0.4) is 0 Å². The number of para-hydroxylation sites is 1. The summed E-state index contributed by atoms with van der Waals surface area (Å²) < 4.78 is 0. The van der Waals surface area contributed by atoms with Crippen LogP contribution in [0.25, 0.3) is 10.9 Å². The summed E-state index contributed by atoms with van der Waals surface area (Å²) in [4.78, 5) is 33.4. The fraction of sp³-hybridized carbons (Fsp3) is 0.500. The predicted octanol–water partition coefficient (Wildman–Crippen LogP) is 2.89. The third-order valence-corrected chi connectivity index (χ3v) is 3.81. The summed E-state index contributed by atoms with van der Waals surface area (Å²) in [6.07, 6.45) is 3.76. The van der Waals surface area contributed by atoms with Gasteiger partial charge < -0.3 is 9.88 Å². The van der Waals surface area contributed by atoms with E-state index in [0.717, 1.165) is 25.9 Å². The molecule has 2 aromatic rings. The summed E-state index contributed by atoms with van der Waals surface area (Å²) in [6.45, 7) is 5.80. The van der Waals surface area contributed by atoms with Gasteiger partial charge in [-0.05, 0) is 31.4 Å². The zero-order chi connectivity index (χ0) is 16.7. The number of carbonyl (C=O) groups excluding carboxylic acids is 1. The normalized spacial score (nSPS) is 10.9. The Balaban J connectivity index is 1.96. The second-order valence-electron chi connectivity index (χ2n) is 5.76. The van der Waals surface area contributed by atoms with E-state index >= 15 is 0 Å². The summed E-state index contributed by atoms with van der Waals surface area (Å²) in [7, 11) is 0. The average molecular weight is 315 g/mol. The molecule has 0 unspecified atom stereocenters. The van der Waals surface area contributed by atoms with Crippen LogP contribution in [0.15, 0.2) is 29.1 Å². The second kappa shape index (κ2) is 8.46. The highest BCUT2D eigenvalue weighted by Crippen LogP contribution is 2.08. The number of H-pyrrole nitrogens is 1. The van der Waals surface area contributed by atoms with Crippen molar-refractivity contribution >= 4 is 16.8 Å². The first kappa shape index (κ1) is 17.2. The highest BCUT2D eigenvalue weighted by Gasteiger charge is 2.11. The number of benzene rings is 1. The number of nitrogens with one attached hydrogen (secondary N) is 1. The smallest absolute Gasteiger partial charge is 0.258 e. The molecule has 0 aliphatic carbocycles. The third-order valence-electron chi connectivity index (χ3n) is 3.81. The summed E-state index contributed by atoms with van der Waals surface area (Å²) in [5, 5.41) is 0.601. The van der Waals surface area contributed by atoms with Gasteiger partial charge in [0.05, 0.1) is 10.9 Å². The minimum atomic E-state index is -0.115. The van der Waals surface area contributed by atoms with Gasteiger partial charge >= 0.3 is 0 Å². The van der Waals surface area contributed by atoms with Gasteiger partial charge in [0.15, 0.2) is 0 Å².